The average molecular weight is 450 g/mol. The van der Waals surface area contributed by atoms with Gasteiger partial charge in [-0.1, -0.05) is 48.9 Å². The summed E-state index contributed by atoms with van der Waals surface area (Å²) in [6.07, 6.45) is 0.662. The second kappa shape index (κ2) is 10.3. The number of hydrogen-bond acceptors (Lipinski definition) is 4. The fourth-order valence-corrected chi connectivity index (χ4v) is 5.15. The summed E-state index contributed by atoms with van der Waals surface area (Å²) in [6, 6.07) is 17.1. The van der Waals surface area contributed by atoms with Gasteiger partial charge in [0.05, 0.1) is 11.7 Å². The molecule has 1 unspecified atom stereocenters. The van der Waals surface area contributed by atoms with E-state index in [4.69, 9.17) is 11.6 Å². The minimum absolute atomic E-state index is 0.0924. The highest BCUT2D eigenvalue weighted by atomic mass is 35.5. The predicted octanol–water partition coefficient (Wildman–Crippen LogP) is 3.10. The summed E-state index contributed by atoms with van der Waals surface area (Å²) in [5, 5.41) is 3.48. The number of carbonyl (C=O) groups is 1. The van der Waals surface area contributed by atoms with Crippen LogP contribution in [-0.4, -0.2) is 57.1 Å². The molecule has 1 amide bonds. The molecule has 1 aliphatic rings. The monoisotopic (exact) mass is 449 g/mol. The number of anilines is 1. The van der Waals surface area contributed by atoms with Gasteiger partial charge in [-0.15, -0.1) is 0 Å². The van der Waals surface area contributed by atoms with Gasteiger partial charge in [0.2, 0.25) is 15.9 Å². The Bertz CT molecular complexity index is 928. The molecule has 1 N–H and O–H groups in total. The van der Waals surface area contributed by atoms with Crippen LogP contribution in [0.2, 0.25) is 5.02 Å². The van der Waals surface area contributed by atoms with Crippen LogP contribution in [0.15, 0.2) is 54.6 Å². The average Bonchev–Trinajstić information content (AvgIpc) is 2.75. The van der Waals surface area contributed by atoms with E-state index in [1.165, 1.54) is 4.31 Å². The van der Waals surface area contributed by atoms with E-state index in [0.29, 0.717) is 37.6 Å². The van der Waals surface area contributed by atoms with Crippen LogP contribution < -0.4 is 10.2 Å². The zero-order valence-corrected chi connectivity index (χ0v) is 18.7. The molecule has 2 aromatic carbocycles. The molecule has 3 rings (SSSR count). The third-order valence-electron chi connectivity index (χ3n) is 5.41. The first kappa shape index (κ1) is 22.6. The summed E-state index contributed by atoms with van der Waals surface area (Å²) in [6.45, 7) is 4.18. The molecule has 0 saturated carbocycles. The van der Waals surface area contributed by atoms with E-state index < -0.39 is 10.0 Å². The fraction of sp³-hybridized carbons (Fsp3) is 0.409. The summed E-state index contributed by atoms with van der Waals surface area (Å²) in [7, 11) is -3.42. The van der Waals surface area contributed by atoms with Crippen molar-refractivity contribution in [2.24, 2.45) is 0 Å². The van der Waals surface area contributed by atoms with Gasteiger partial charge >= 0.3 is 0 Å². The Balaban J connectivity index is 1.48. The minimum atomic E-state index is -3.42. The van der Waals surface area contributed by atoms with E-state index in [-0.39, 0.29) is 24.1 Å². The van der Waals surface area contributed by atoms with Gasteiger partial charge < -0.3 is 10.2 Å². The van der Waals surface area contributed by atoms with Crippen LogP contribution in [0.5, 0.6) is 0 Å². The molecule has 1 saturated heterocycles. The van der Waals surface area contributed by atoms with Crippen LogP contribution >= 0.6 is 11.6 Å². The Morgan fingerprint density at radius 2 is 1.67 bits per heavy atom. The van der Waals surface area contributed by atoms with E-state index in [9.17, 15) is 13.2 Å². The molecule has 162 valence electrons. The molecule has 1 atom stereocenters. The molecule has 8 heteroatoms. The highest BCUT2D eigenvalue weighted by Crippen LogP contribution is 2.21. The highest BCUT2D eigenvalue weighted by molar-refractivity contribution is 7.89. The molecular formula is C22H28ClN3O3S. The number of piperazine rings is 1. The third-order valence-corrected chi connectivity index (χ3v) is 7.53. The molecule has 0 aromatic heterocycles. The third kappa shape index (κ3) is 5.74. The van der Waals surface area contributed by atoms with Crippen LogP contribution in [0.25, 0.3) is 0 Å². The Hall–Kier alpha value is -2.09. The Kier molecular flexibility index (Phi) is 7.75. The van der Waals surface area contributed by atoms with E-state index in [1.54, 1.807) is 0 Å². The second-order valence-electron chi connectivity index (χ2n) is 7.34. The second-order valence-corrected chi connectivity index (χ2v) is 9.87. The van der Waals surface area contributed by atoms with E-state index in [2.05, 4.69) is 10.2 Å². The summed E-state index contributed by atoms with van der Waals surface area (Å²) >= 11 is 5.93. The zero-order valence-electron chi connectivity index (χ0n) is 17.1. The Labute approximate surface area is 183 Å². The summed E-state index contributed by atoms with van der Waals surface area (Å²) in [5.41, 5.74) is 1.98. The molecule has 2 aromatic rings. The molecule has 1 fully saturated rings. The molecule has 30 heavy (non-hydrogen) atoms. The van der Waals surface area contributed by atoms with Crippen molar-refractivity contribution in [3.63, 3.8) is 0 Å². The van der Waals surface area contributed by atoms with E-state index >= 15 is 0 Å². The number of benzene rings is 2. The van der Waals surface area contributed by atoms with Gasteiger partial charge in [-0.05, 0) is 36.2 Å². The van der Waals surface area contributed by atoms with Crippen LogP contribution in [-0.2, 0) is 14.8 Å². The first-order chi connectivity index (χ1) is 14.4. The first-order valence-electron chi connectivity index (χ1n) is 10.2. The summed E-state index contributed by atoms with van der Waals surface area (Å²) in [5.74, 6) is -0.492. The maximum Gasteiger partial charge on any atom is 0.227 e. The number of nitrogens with one attached hydrogen (secondary N) is 1. The van der Waals surface area contributed by atoms with Crippen molar-refractivity contribution in [3.8, 4) is 0 Å². The van der Waals surface area contributed by atoms with Gasteiger partial charge in [-0.3, -0.25) is 4.79 Å². The number of rotatable bonds is 8. The van der Waals surface area contributed by atoms with E-state index in [1.807, 2.05) is 61.5 Å². The van der Waals surface area contributed by atoms with Crippen molar-refractivity contribution in [2.45, 2.75) is 19.3 Å². The van der Waals surface area contributed by atoms with Gasteiger partial charge in [0, 0.05) is 43.4 Å². The smallest absolute Gasteiger partial charge is 0.227 e. The van der Waals surface area contributed by atoms with Crippen LogP contribution in [0.3, 0.4) is 0 Å². The van der Waals surface area contributed by atoms with Crippen molar-refractivity contribution < 1.29 is 13.2 Å². The van der Waals surface area contributed by atoms with Gasteiger partial charge in [-0.2, -0.15) is 4.31 Å². The normalized spacial score (nSPS) is 16.3. The van der Waals surface area contributed by atoms with Crippen molar-refractivity contribution >= 4 is 33.2 Å². The fourth-order valence-electron chi connectivity index (χ4n) is 3.69. The number of halogens is 1. The van der Waals surface area contributed by atoms with Crippen LogP contribution in [0.4, 0.5) is 5.69 Å². The standard InChI is InChI=1S/C22H28ClN3O3S/c1-2-21(18-6-4-3-5-7-18)22(27)24-12-17-30(28,29)26-15-13-25(14-16-26)20-10-8-19(23)9-11-20/h3-11,21H,2,12-17H2,1H3,(H,24,27). The lowest BCUT2D eigenvalue weighted by Gasteiger charge is -2.35. The van der Waals surface area contributed by atoms with Gasteiger partial charge in [0.15, 0.2) is 0 Å². The maximum absolute atomic E-state index is 12.7. The molecule has 1 heterocycles. The molecule has 6 nitrogen and oxygen atoms in total. The number of hydrogen-bond donors (Lipinski definition) is 1. The summed E-state index contributed by atoms with van der Waals surface area (Å²) in [4.78, 5) is 14.7. The maximum atomic E-state index is 12.7. The topological polar surface area (TPSA) is 69.7 Å². The predicted molar refractivity (Wildman–Crippen MR) is 122 cm³/mol. The largest absolute Gasteiger partial charge is 0.369 e. The van der Waals surface area contributed by atoms with Gasteiger partial charge in [0.25, 0.3) is 0 Å². The molecule has 0 spiro atoms. The van der Waals surface area contributed by atoms with Crippen LogP contribution in [0.1, 0.15) is 24.8 Å². The number of sulfonamides is 1. The lowest BCUT2D eigenvalue weighted by atomic mass is 9.96. The first-order valence-corrected chi connectivity index (χ1v) is 12.2. The Morgan fingerprint density at radius 3 is 2.27 bits per heavy atom. The Morgan fingerprint density at radius 1 is 1.03 bits per heavy atom. The van der Waals surface area contributed by atoms with E-state index in [0.717, 1.165) is 11.3 Å². The lowest BCUT2D eigenvalue weighted by molar-refractivity contribution is -0.122. The van der Waals surface area contributed by atoms with Crippen molar-refractivity contribution in [2.75, 3.05) is 43.4 Å². The molecule has 1 aliphatic heterocycles. The van der Waals surface area contributed by atoms with Crippen molar-refractivity contribution in [1.82, 2.24) is 9.62 Å². The van der Waals surface area contributed by atoms with Crippen LogP contribution in [0, 0.1) is 0 Å². The van der Waals surface area contributed by atoms with Crippen molar-refractivity contribution in [1.29, 1.82) is 0 Å². The van der Waals surface area contributed by atoms with Crippen molar-refractivity contribution in [3.05, 3.63) is 65.2 Å². The SMILES string of the molecule is CCC(C(=O)NCCS(=O)(=O)N1CCN(c2ccc(Cl)cc2)CC1)c1ccccc1. The zero-order chi connectivity index (χ0) is 21.6. The molecule has 0 aliphatic carbocycles. The van der Waals surface area contributed by atoms with Gasteiger partial charge in [-0.25, -0.2) is 8.42 Å². The molecular weight excluding hydrogens is 422 g/mol. The quantitative estimate of drug-likeness (QED) is 0.672. The number of amides is 1. The van der Waals surface area contributed by atoms with Gasteiger partial charge in [0.1, 0.15) is 0 Å². The minimum Gasteiger partial charge on any atom is -0.369 e. The lowest BCUT2D eigenvalue weighted by Crippen LogP contribution is -2.50. The summed E-state index contributed by atoms with van der Waals surface area (Å²) < 4.78 is 26.9. The highest BCUT2D eigenvalue weighted by Gasteiger charge is 2.27. The molecule has 0 radical (unpaired) electrons. The number of carbonyl (C=O) groups excluding carboxylic acids is 1. The number of nitrogens with zero attached hydrogens (tertiary/aromatic N) is 2. The molecule has 0 bridgehead atoms.